The van der Waals surface area contributed by atoms with Gasteiger partial charge >= 0.3 is 0 Å². The normalized spacial score (nSPS) is 24.8. The molecule has 2 heterocycles. The van der Waals surface area contributed by atoms with Crippen LogP contribution in [0.2, 0.25) is 0 Å². The number of hydrogen-bond acceptors (Lipinski definition) is 13. The van der Waals surface area contributed by atoms with Gasteiger partial charge in [0.25, 0.3) is 0 Å². The molecular weight excluding hydrogens is 1050 g/mol. The van der Waals surface area contributed by atoms with Gasteiger partial charge in [0, 0.05) is 6.42 Å². The van der Waals surface area contributed by atoms with E-state index >= 15 is 0 Å². The van der Waals surface area contributed by atoms with Crippen LogP contribution in [0.25, 0.3) is 0 Å². The third-order valence-corrected chi connectivity index (χ3v) is 14.3. The topological polar surface area (TPSA) is 228 Å². The zero-order valence-corrected chi connectivity index (χ0v) is 50.6. The van der Waals surface area contributed by atoms with E-state index in [2.05, 4.69) is 165 Å². The average Bonchev–Trinajstić information content (AvgIpc) is 3.45. The Bertz CT molecular complexity index is 1950. The number of ether oxygens (including phenoxy) is 4. The summed E-state index contributed by atoms with van der Waals surface area (Å²) in [7, 11) is 0. The SMILES string of the molecule is CC/C=C\C/C=C\C/C=C\C/C=C\C/C=C\C/C=C\C/C=C\C/C=C\C/C=C\C/C=C\C/C=C\C/C=C\CCCCCCC(=O)NC(COC1OC(CO)C(OC2OC(CO)C(O)C(O)C2O)C(O)C1O)C(O)CCCCCCCCCC. The van der Waals surface area contributed by atoms with Crippen molar-refractivity contribution in [2.24, 2.45) is 0 Å². The van der Waals surface area contributed by atoms with E-state index < -0.39 is 86.8 Å². The summed E-state index contributed by atoms with van der Waals surface area (Å²) in [5.74, 6) is -0.242. The first-order chi connectivity index (χ1) is 40.6. The molecular formula is C69H111NO13. The lowest BCUT2D eigenvalue weighted by Gasteiger charge is -2.46. The third kappa shape index (κ3) is 37.1. The number of nitrogens with one attached hydrogen (secondary N) is 1. The fraction of sp³-hybridized carbons (Fsp3) is 0.638. The zero-order chi connectivity index (χ0) is 60.2. The van der Waals surface area contributed by atoms with Crippen LogP contribution in [0.1, 0.15) is 187 Å². The van der Waals surface area contributed by atoms with Crippen molar-refractivity contribution < 1.29 is 64.6 Å². The van der Waals surface area contributed by atoms with Crippen LogP contribution >= 0.6 is 0 Å². The highest BCUT2D eigenvalue weighted by Crippen LogP contribution is 2.30. The highest BCUT2D eigenvalue weighted by atomic mass is 16.7. The molecule has 1 amide bonds. The summed E-state index contributed by atoms with van der Waals surface area (Å²) in [6.07, 6.45) is 61.8. The number of carbonyl (C=O) groups is 1. The van der Waals surface area contributed by atoms with E-state index in [1.807, 2.05) is 0 Å². The molecule has 0 aliphatic carbocycles. The minimum Gasteiger partial charge on any atom is -0.394 e. The van der Waals surface area contributed by atoms with Gasteiger partial charge in [-0.05, 0) is 103 Å². The summed E-state index contributed by atoms with van der Waals surface area (Å²) in [6, 6.07) is -0.851. The Balaban J connectivity index is 1.60. The highest BCUT2D eigenvalue weighted by Gasteiger charge is 2.51. The molecule has 2 fully saturated rings. The Hall–Kier alpha value is -4.13. The minimum absolute atomic E-state index is 0.242. The Kier molecular flexibility index (Phi) is 47.2. The van der Waals surface area contributed by atoms with Gasteiger partial charge in [-0.25, -0.2) is 0 Å². The van der Waals surface area contributed by atoms with E-state index in [0.29, 0.717) is 12.8 Å². The Morgan fingerprint density at radius 2 is 0.831 bits per heavy atom. The molecule has 14 heteroatoms. The molecule has 2 rings (SSSR count). The highest BCUT2D eigenvalue weighted by molar-refractivity contribution is 5.76. The molecule has 14 nitrogen and oxygen atoms in total. The van der Waals surface area contributed by atoms with Crippen LogP contribution < -0.4 is 5.32 Å². The van der Waals surface area contributed by atoms with Gasteiger partial charge in [-0.2, -0.15) is 0 Å². The number of rotatable bonds is 48. The molecule has 12 unspecified atom stereocenters. The summed E-state index contributed by atoms with van der Waals surface area (Å²) >= 11 is 0. The summed E-state index contributed by atoms with van der Waals surface area (Å²) in [5, 5.41) is 86.9. The van der Waals surface area contributed by atoms with Crippen LogP contribution in [-0.2, 0) is 23.7 Å². The van der Waals surface area contributed by atoms with E-state index in [1.165, 1.54) is 25.7 Å². The molecule has 0 spiro atoms. The number of hydrogen-bond donors (Lipinski definition) is 9. The Labute approximate surface area is 500 Å². The molecule has 0 aromatic rings. The van der Waals surface area contributed by atoms with Gasteiger partial charge in [-0.15, -0.1) is 0 Å². The number of amides is 1. The van der Waals surface area contributed by atoms with Crippen LogP contribution in [0, 0.1) is 0 Å². The largest absolute Gasteiger partial charge is 0.394 e. The second-order valence-corrected chi connectivity index (χ2v) is 21.5. The standard InChI is InChI=1S/C69H111NO13/c1-3-5-7-9-11-13-14-15-16-17-18-19-20-21-22-23-24-25-26-27-28-29-30-31-32-33-34-35-36-37-38-39-40-41-42-43-44-45-47-49-51-53-61(74)70-57(58(73)52-50-48-46-12-10-8-6-4-2)56-80-68-66(79)64(77)67(60(55-72)82-68)83-69-65(78)63(76)62(75)59(54-71)81-69/h5,7,11,13,15-16,18-19,21-22,24-25,27-28,30-31,33-34,36-37,39-40,42-43,57-60,62-69,71-73,75-79H,3-4,6,8-10,12,14,17,20,23,26,29,32,35,38,41,44-56H2,1-2H3,(H,70,74)/b7-5-,13-11-,16-15-,19-18-,22-21-,25-24-,28-27-,31-30-,34-33-,37-36-,40-39-,43-42-. The fourth-order valence-corrected chi connectivity index (χ4v) is 9.28. The van der Waals surface area contributed by atoms with E-state index in [-0.39, 0.29) is 18.9 Å². The first kappa shape index (κ1) is 75.0. The minimum atomic E-state index is -1.79. The van der Waals surface area contributed by atoms with E-state index in [9.17, 15) is 45.6 Å². The quantitative estimate of drug-likeness (QED) is 0.0204. The molecule has 2 aliphatic heterocycles. The summed E-state index contributed by atoms with van der Waals surface area (Å²) < 4.78 is 22.7. The maximum absolute atomic E-state index is 13.2. The predicted molar refractivity (Wildman–Crippen MR) is 336 cm³/mol. The maximum Gasteiger partial charge on any atom is 0.220 e. The van der Waals surface area contributed by atoms with Crippen LogP contribution in [-0.4, -0.2) is 140 Å². The maximum atomic E-state index is 13.2. The van der Waals surface area contributed by atoms with Gasteiger partial charge in [-0.1, -0.05) is 224 Å². The molecule has 2 saturated heterocycles. The van der Waals surface area contributed by atoms with Crippen molar-refractivity contribution in [3.63, 3.8) is 0 Å². The average molecular weight is 1160 g/mol. The van der Waals surface area contributed by atoms with Gasteiger partial charge in [-0.3, -0.25) is 4.79 Å². The molecule has 0 aromatic heterocycles. The van der Waals surface area contributed by atoms with E-state index in [1.54, 1.807) is 0 Å². The first-order valence-corrected chi connectivity index (χ1v) is 31.6. The van der Waals surface area contributed by atoms with Gasteiger partial charge in [0.05, 0.1) is 32.0 Å². The van der Waals surface area contributed by atoms with Gasteiger partial charge in [0.2, 0.25) is 5.91 Å². The van der Waals surface area contributed by atoms with Crippen molar-refractivity contribution in [3.05, 3.63) is 146 Å². The number of carbonyl (C=O) groups excluding carboxylic acids is 1. The number of unbranched alkanes of at least 4 members (excludes halogenated alkanes) is 11. The van der Waals surface area contributed by atoms with Crippen molar-refractivity contribution in [2.75, 3.05) is 19.8 Å². The lowest BCUT2D eigenvalue weighted by atomic mass is 9.97. The molecule has 0 bridgehead atoms. The van der Waals surface area contributed by atoms with Crippen LogP contribution in [0.3, 0.4) is 0 Å². The van der Waals surface area contributed by atoms with Gasteiger partial charge in [0.15, 0.2) is 12.6 Å². The molecule has 83 heavy (non-hydrogen) atoms. The summed E-state index contributed by atoms with van der Waals surface area (Å²) in [4.78, 5) is 13.2. The number of aliphatic hydroxyl groups is 8. The lowest BCUT2D eigenvalue weighted by molar-refractivity contribution is -0.359. The molecule has 0 saturated carbocycles. The van der Waals surface area contributed by atoms with E-state index in [4.69, 9.17) is 18.9 Å². The molecule has 0 aromatic carbocycles. The summed E-state index contributed by atoms with van der Waals surface area (Å²) in [6.45, 7) is 2.65. The smallest absolute Gasteiger partial charge is 0.220 e. The van der Waals surface area contributed by atoms with Gasteiger partial charge < -0.3 is 65.1 Å². The monoisotopic (exact) mass is 1160 g/mol. The zero-order valence-electron chi connectivity index (χ0n) is 50.6. The second kappa shape index (κ2) is 52.2. The van der Waals surface area contributed by atoms with Crippen molar-refractivity contribution in [1.29, 1.82) is 0 Å². The second-order valence-electron chi connectivity index (χ2n) is 21.5. The fourth-order valence-electron chi connectivity index (χ4n) is 9.28. The molecule has 470 valence electrons. The van der Waals surface area contributed by atoms with Crippen LogP contribution in [0.5, 0.6) is 0 Å². The van der Waals surface area contributed by atoms with Crippen molar-refractivity contribution in [1.82, 2.24) is 5.32 Å². The number of aliphatic hydroxyl groups excluding tert-OH is 8. The molecule has 0 radical (unpaired) electrons. The lowest BCUT2D eigenvalue weighted by Crippen LogP contribution is -2.65. The molecule has 12 atom stereocenters. The van der Waals surface area contributed by atoms with Gasteiger partial charge in [0.1, 0.15) is 48.8 Å². The van der Waals surface area contributed by atoms with Crippen molar-refractivity contribution in [2.45, 2.75) is 261 Å². The van der Waals surface area contributed by atoms with Crippen molar-refractivity contribution in [3.8, 4) is 0 Å². The van der Waals surface area contributed by atoms with Crippen LogP contribution in [0.4, 0.5) is 0 Å². The Morgan fingerprint density at radius 3 is 1.28 bits per heavy atom. The molecule has 2 aliphatic rings. The summed E-state index contributed by atoms with van der Waals surface area (Å²) in [5.41, 5.74) is 0. The molecule has 9 N–H and O–H groups in total. The predicted octanol–water partition coefficient (Wildman–Crippen LogP) is 11.7. The first-order valence-electron chi connectivity index (χ1n) is 31.6. The van der Waals surface area contributed by atoms with Crippen LogP contribution in [0.15, 0.2) is 146 Å². The van der Waals surface area contributed by atoms with Crippen molar-refractivity contribution >= 4 is 5.91 Å². The third-order valence-electron chi connectivity index (χ3n) is 14.3. The number of allylic oxidation sites excluding steroid dienone is 24. The Morgan fingerprint density at radius 1 is 0.446 bits per heavy atom. The van der Waals surface area contributed by atoms with E-state index in [0.717, 1.165) is 128 Å².